The Morgan fingerprint density at radius 2 is 1.53 bits per heavy atom. The zero-order valence-corrected chi connectivity index (χ0v) is 11.7. The summed E-state index contributed by atoms with van der Waals surface area (Å²) < 4.78 is 0. The quantitative estimate of drug-likeness (QED) is 0.639. The van der Waals surface area contributed by atoms with E-state index >= 15 is 0 Å². The molecular weight excluding hydrogens is 214 g/mol. The molecule has 0 unspecified atom stereocenters. The predicted molar refractivity (Wildman–Crippen MR) is 71.1 cm³/mol. The van der Waals surface area contributed by atoms with Crippen LogP contribution in [0.25, 0.3) is 0 Å². The number of carbonyl (C=O) groups excluding carboxylic acids is 2. The third-order valence-corrected chi connectivity index (χ3v) is 2.62. The fourth-order valence-corrected chi connectivity index (χ4v) is 1.46. The number of carbonyl (C=O) groups is 2. The molecule has 0 aliphatic carbocycles. The SMILES string of the molecule is CC(C)CCC(=O)CCCC(=O)CNC(C)C. The molecule has 17 heavy (non-hydrogen) atoms. The molecule has 0 bridgehead atoms. The van der Waals surface area contributed by atoms with Gasteiger partial charge in [-0.1, -0.05) is 27.7 Å². The van der Waals surface area contributed by atoms with Gasteiger partial charge in [-0.25, -0.2) is 0 Å². The fourth-order valence-electron chi connectivity index (χ4n) is 1.46. The van der Waals surface area contributed by atoms with Crippen LogP contribution in [0, 0.1) is 5.92 Å². The van der Waals surface area contributed by atoms with E-state index in [1.54, 1.807) is 0 Å². The summed E-state index contributed by atoms with van der Waals surface area (Å²) in [6.07, 6.45) is 3.40. The molecule has 0 aromatic carbocycles. The lowest BCUT2D eigenvalue weighted by Crippen LogP contribution is -2.29. The summed E-state index contributed by atoms with van der Waals surface area (Å²) in [5.74, 6) is 1.08. The van der Waals surface area contributed by atoms with Gasteiger partial charge < -0.3 is 5.32 Å². The van der Waals surface area contributed by atoms with E-state index in [-0.39, 0.29) is 5.78 Å². The number of nitrogens with one attached hydrogen (secondary N) is 1. The third kappa shape index (κ3) is 11.6. The first-order valence-electron chi connectivity index (χ1n) is 6.68. The van der Waals surface area contributed by atoms with E-state index in [9.17, 15) is 9.59 Å². The first-order chi connectivity index (χ1) is 7.91. The van der Waals surface area contributed by atoms with Gasteiger partial charge in [0.2, 0.25) is 0 Å². The van der Waals surface area contributed by atoms with E-state index in [1.165, 1.54) is 0 Å². The van der Waals surface area contributed by atoms with Gasteiger partial charge in [0.1, 0.15) is 11.6 Å². The molecule has 0 spiro atoms. The Kier molecular flexibility index (Phi) is 8.96. The molecule has 0 rings (SSSR count). The minimum Gasteiger partial charge on any atom is -0.308 e. The van der Waals surface area contributed by atoms with Crippen LogP contribution in [0.15, 0.2) is 0 Å². The minimum absolute atomic E-state index is 0.204. The standard InChI is InChI=1S/C14H27NO2/c1-11(2)8-9-13(16)6-5-7-14(17)10-15-12(3)4/h11-12,15H,5-10H2,1-4H3. The Balaban J connectivity index is 3.49. The predicted octanol–water partition coefficient (Wildman–Crippen LogP) is 2.73. The third-order valence-electron chi connectivity index (χ3n) is 2.62. The first-order valence-corrected chi connectivity index (χ1v) is 6.68. The van der Waals surface area contributed by atoms with Gasteiger partial charge >= 0.3 is 0 Å². The van der Waals surface area contributed by atoms with Gasteiger partial charge in [-0.15, -0.1) is 0 Å². The molecular formula is C14H27NO2. The highest BCUT2D eigenvalue weighted by Crippen LogP contribution is 2.07. The molecule has 0 aromatic rings. The van der Waals surface area contributed by atoms with Gasteiger partial charge in [0.25, 0.3) is 0 Å². The molecule has 0 saturated heterocycles. The Hall–Kier alpha value is -0.700. The van der Waals surface area contributed by atoms with Crippen LogP contribution in [-0.4, -0.2) is 24.2 Å². The summed E-state index contributed by atoms with van der Waals surface area (Å²) in [6, 6.07) is 0.339. The average Bonchev–Trinajstić information content (AvgIpc) is 2.23. The second-order valence-corrected chi connectivity index (χ2v) is 5.40. The highest BCUT2D eigenvalue weighted by molar-refractivity contribution is 5.82. The smallest absolute Gasteiger partial charge is 0.146 e. The summed E-state index contributed by atoms with van der Waals surface area (Å²) in [5, 5.41) is 3.09. The van der Waals surface area contributed by atoms with Crippen LogP contribution in [-0.2, 0) is 9.59 Å². The van der Waals surface area contributed by atoms with Crippen molar-refractivity contribution in [3.8, 4) is 0 Å². The van der Waals surface area contributed by atoms with Crippen molar-refractivity contribution in [3.05, 3.63) is 0 Å². The van der Waals surface area contributed by atoms with Crippen LogP contribution in [0.4, 0.5) is 0 Å². The summed E-state index contributed by atoms with van der Waals surface area (Å²) in [4.78, 5) is 22.9. The van der Waals surface area contributed by atoms with Gasteiger partial charge in [0.15, 0.2) is 0 Å². The Labute approximate surface area is 105 Å². The van der Waals surface area contributed by atoms with E-state index in [0.29, 0.717) is 50.0 Å². The second-order valence-electron chi connectivity index (χ2n) is 5.40. The zero-order valence-electron chi connectivity index (χ0n) is 11.7. The van der Waals surface area contributed by atoms with Gasteiger partial charge in [-0.05, 0) is 18.8 Å². The molecule has 0 fully saturated rings. The number of hydrogen-bond donors (Lipinski definition) is 1. The molecule has 0 amide bonds. The molecule has 0 heterocycles. The maximum Gasteiger partial charge on any atom is 0.146 e. The van der Waals surface area contributed by atoms with Crippen molar-refractivity contribution in [2.75, 3.05) is 6.54 Å². The zero-order chi connectivity index (χ0) is 13.3. The van der Waals surface area contributed by atoms with Crippen molar-refractivity contribution in [1.82, 2.24) is 5.32 Å². The van der Waals surface area contributed by atoms with Crippen LogP contribution in [0.5, 0.6) is 0 Å². The maximum absolute atomic E-state index is 11.5. The Morgan fingerprint density at radius 3 is 2.06 bits per heavy atom. The summed E-state index contributed by atoms with van der Waals surface area (Å²) in [5.41, 5.74) is 0. The monoisotopic (exact) mass is 241 g/mol. The Morgan fingerprint density at radius 1 is 0.941 bits per heavy atom. The van der Waals surface area contributed by atoms with Crippen LogP contribution in [0.1, 0.15) is 59.8 Å². The van der Waals surface area contributed by atoms with Crippen LogP contribution in [0.3, 0.4) is 0 Å². The van der Waals surface area contributed by atoms with Crippen molar-refractivity contribution in [2.45, 2.75) is 65.8 Å². The molecule has 0 saturated carbocycles. The molecule has 0 aliphatic heterocycles. The molecule has 3 heteroatoms. The van der Waals surface area contributed by atoms with Gasteiger partial charge in [0.05, 0.1) is 6.54 Å². The van der Waals surface area contributed by atoms with E-state index in [0.717, 1.165) is 6.42 Å². The highest BCUT2D eigenvalue weighted by atomic mass is 16.1. The molecule has 1 N–H and O–H groups in total. The van der Waals surface area contributed by atoms with Crippen LogP contribution in [0.2, 0.25) is 0 Å². The van der Waals surface area contributed by atoms with Crippen molar-refractivity contribution >= 4 is 11.6 Å². The second kappa shape index (κ2) is 9.34. The molecule has 0 aliphatic rings. The fraction of sp³-hybridized carbons (Fsp3) is 0.857. The van der Waals surface area contributed by atoms with Crippen LogP contribution < -0.4 is 5.32 Å². The van der Waals surface area contributed by atoms with E-state index in [1.807, 2.05) is 13.8 Å². The Bertz CT molecular complexity index is 210. The number of hydrogen-bond acceptors (Lipinski definition) is 3. The van der Waals surface area contributed by atoms with Crippen molar-refractivity contribution in [2.24, 2.45) is 5.92 Å². The normalized spacial score (nSPS) is 11.2. The van der Waals surface area contributed by atoms with Crippen molar-refractivity contribution in [1.29, 1.82) is 0 Å². The topological polar surface area (TPSA) is 46.2 Å². The molecule has 3 nitrogen and oxygen atoms in total. The van der Waals surface area contributed by atoms with E-state index < -0.39 is 0 Å². The van der Waals surface area contributed by atoms with Crippen LogP contribution >= 0.6 is 0 Å². The van der Waals surface area contributed by atoms with Gasteiger partial charge in [-0.2, -0.15) is 0 Å². The number of rotatable bonds is 10. The number of Topliss-reactive ketones (excluding diaryl/α,β-unsaturated/α-hetero) is 2. The number of ketones is 2. The van der Waals surface area contributed by atoms with Gasteiger partial charge in [-0.3, -0.25) is 9.59 Å². The van der Waals surface area contributed by atoms with E-state index in [4.69, 9.17) is 0 Å². The first kappa shape index (κ1) is 16.3. The molecule has 0 atom stereocenters. The van der Waals surface area contributed by atoms with Gasteiger partial charge in [0, 0.05) is 25.3 Å². The highest BCUT2D eigenvalue weighted by Gasteiger charge is 2.06. The molecule has 0 aromatic heterocycles. The lowest BCUT2D eigenvalue weighted by Gasteiger charge is -2.07. The lowest BCUT2D eigenvalue weighted by molar-refractivity contribution is -0.120. The molecule has 100 valence electrons. The summed E-state index contributed by atoms with van der Waals surface area (Å²) in [6.45, 7) is 8.70. The van der Waals surface area contributed by atoms with Crippen molar-refractivity contribution < 1.29 is 9.59 Å². The van der Waals surface area contributed by atoms with Crippen molar-refractivity contribution in [3.63, 3.8) is 0 Å². The minimum atomic E-state index is 0.204. The maximum atomic E-state index is 11.5. The van der Waals surface area contributed by atoms with E-state index in [2.05, 4.69) is 19.2 Å². The summed E-state index contributed by atoms with van der Waals surface area (Å²) in [7, 11) is 0. The largest absolute Gasteiger partial charge is 0.308 e. The molecule has 0 radical (unpaired) electrons. The summed E-state index contributed by atoms with van der Waals surface area (Å²) >= 11 is 0. The average molecular weight is 241 g/mol. The lowest BCUT2D eigenvalue weighted by atomic mass is 10.0.